The third-order valence-corrected chi connectivity index (χ3v) is 2.02. The molecule has 0 unspecified atom stereocenters. The molecule has 0 aliphatic heterocycles. The maximum absolute atomic E-state index is 3.92. The maximum atomic E-state index is 3.92. The molecule has 62 valence electrons. The summed E-state index contributed by atoms with van der Waals surface area (Å²) in [7, 11) is 0. The lowest BCUT2D eigenvalue weighted by Gasteiger charge is -2.02. The minimum atomic E-state index is 1.09. The van der Waals surface area contributed by atoms with Gasteiger partial charge in [0.25, 0.3) is 0 Å². The van der Waals surface area contributed by atoms with Gasteiger partial charge < -0.3 is 0 Å². The molecule has 0 aliphatic rings. The molecule has 1 nitrogen and oxygen atoms in total. The molecule has 0 atom stereocenters. The number of aromatic nitrogens is 1. The van der Waals surface area contributed by atoms with Gasteiger partial charge in [-0.3, -0.25) is 0 Å². The summed E-state index contributed by atoms with van der Waals surface area (Å²) in [6, 6.07) is 13.0. The Morgan fingerprint density at radius 2 is 2.08 bits per heavy atom. The highest BCUT2D eigenvalue weighted by molar-refractivity contribution is 5.65. The van der Waals surface area contributed by atoms with Crippen LogP contribution in [0.15, 0.2) is 36.5 Å². The lowest BCUT2D eigenvalue weighted by Crippen LogP contribution is -1.81. The summed E-state index contributed by atoms with van der Waals surface area (Å²) < 4.78 is 0. The van der Waals surface area contributed by atoms with Crippen LogP contribution in [0.4, 0.5) is 0 Å². The topological polar surface area (TPSA) is 12.9 Å². The Morgan fingerprint density at radius 3 is 2.77 bits per heavy atom. The Kier molecular flexibility index (Phi) is 1.97. The minimum Gasteiger partial charge on any atom is -0.205 e. The van der Waals surface area contributed by atoms with Crippen LogP contribution in [0.3, 0.4) is 0 Å². The Morgan fingerprint density at radius 1 is 1.23 bits per heavy atom. The molecule has 1 heterocycles. The quantitative estimate of drug-likeness (QED) is 0.636. The number of hydrogen-bond acceptors (Lipinski definition) is 1. The molecule has 13 heavy (non-hydrogen) atoms. The third-order valence-electron chi connectivity index (χ3n) is 2.02. The van der Waals surface area contributed by atoms with Crippen LogP contribution in [0.1, 0.15) is 5.56 Å². The molecule has 0 radical (unpaired) electrons. The van der Waals surface area contributed by atoms with E-state index in [1.54, 1.807) is 6.20 Å². The fraction of sp³-hybridized carbons (Fsp3) is 0.0833. The SMILES string of the molecule is Cc1ccccc1-c1cc#cnc1. The Bertz CT molecular complexity index is 393. The van der Waals surface area contributed by atoms with Crippen LogP contribution in [-0.4, -0.2) is 4.98 Å². The zero-order chi connectivity index (χ0) is 9.10. The van der Waals surface area contributed by atoms with E-state index in [2.05, 4.69) is 36.3 Å². The normalized spacial score (nSPS) is 9.31. The summed E-state index contributed by atoms with van der Waals surface area (Å²) in [5.74, 6) is 0. The molecule has 1 heteroatoms. The second-order valence-corrected chi connectivity index (χ2v) is 2.93. The van der Waals surface area contributed by atoms with Crippen molar-refractivity contribution in [3.05, 3.63) is 54.4 Å². The maximum Gasteiger partial charge on any atom is 0.0460 e. The largest absolute Gasteiger partial charge is 0.205 e. The Hall–Kier alpha value is -1.81. The van der Waals surface area contributed by atoms with Crippen LogP contribution in [0.25, 0.3) is 11.1 Å². The van der Waals surface area contributed by atoms with E-state index in [1.165, 1.54) is 11.1 Å². The van der Waals surface area contributed by atoms with Gasteiger partial charge in [-0.15, -0.1) is 0 Å². The summed E-state index contributed by atoms with van der Waals surface area (Å²) in [6.07, 6.45) is 4.45. The monoisotopic (exact) mass is 167 g/mol. The highest BCUT2D eigenvalue weighted by Crippen LogP contribution is 2.20. The first-order valence-corrected chi connectivity index (χ1v) is 4.18. The van der Waals surface area contributed by atoms with E-state index in [0.717, 1.165) is 5.56 Å². The van der Waals surface area contributed by atoms with Crippen molar-refractivity contribution in [3.63, 3.8) is 0 Å². The molecule has 2 rings (SSSR count). The number of aryl methyl sites for hydroxylation is 1. The molecule has 0 N–H and O–H groups in total. The lowest BCUT2D eigenvalue weighted by molar-refractivity contribution is 1.34. The van der Waals surface area contributed by atoms with Crippen LogP contribution >= 0.6 is 0 Å². The molecular weight excluding hydrogens is 158 g/mol. The molecule has 0 aliphatic carbocycles. The number of rotatable bonds is 1. The van der Waals surface area contributed by atoms with E-state index in [1.807, 2.05) is 18.2 Å². The van der Waals surface area contributed by atoms with Gasteiger partial charge in [-0.2, -0.15) is 0 Å². The molecule has 0 saturated heterocycles. The minimum absolute atomic E-state index is 1.09. The molecule has 0 amide bonds. The van der Waals surface area contributed by atoms with Gasteiger partial charge in [0.1, 0.15) is 0 Å². The zero-order valence-electron chi connectivity index (χ0n) is 7.41. The van der Waals surface area contributed by atoms with E-state index in [9.17, 15) is 0 Å². The molecule has 1 aromatic heterocycles. The Labute approximate surface area is 78.1 Å². The van der Waals surface area contributed by atoms with Crippen LogP contribution in [0.2, 0.25) is 0 Å². The summed E-state index contributed by atoms with van der Waals surface area (Å²) >= 11 is 0. The predicted molar refractivity (Wildman–Crippen MR) is 52.1 cm³/mol. The van der Waals surface area contributed by atoms with E-state index >= 15 is 0 Å². The molecule has 2 aromatic rings. The van der Waals surface area contributed by atoms with Crippen LogP contribution < -0.4 is 0 Å². The number of hydrogen-bond donors (Lipinski definition) is 0. The lowest BCUT2D eigenvalue weighted by atomic mass is 10.0. The number of benzene rings is 1. The summed E-state index contributed by atoms with van der Waals surface area (Å²) in [5, 5.41) is 0. The molecule has 0 spiro atoms. The summed E-state index contributed by atoms with van der Waals surface area (Å²) in [5.41, 5.74) is 3.56. The Balaban J connectivity index is 2.54. The molecule has 1 aromatic carbocycles. The smallest absolute Gasteiger partial charge is 0.0460 e. The molecule has 0 fully saturated rings. The average molecular weight is 167 g/mol. The summed E-state index contributed by atoms with van der Waals surface area (Å²) in [4.78, 5) is 3.92. The first-order chi connectivity index (χ1) is 6.38. The third kappa shape index (κ3) is 1.52. The van der Waals surface area contributed by atoms with Crippen molar-refractivity contribution in [3.8, 4) is 11.1 Å². The van der Waals surface area contributed by atoms with Gasteiger partial charge in [-0.1, -0.05) is 24.3 Å². The highest BCUT2D eigenvalue weighted by atomic mass is 14.6. The standard InChI is InChI=1S/C12H9N/c1-10-5-2-3-7-12(10)11-6-4-8-13-9-11/h2-3,5-7,9H,1H3. The van der Waals surface area contributed by atoms with Crippen LogP contribution in [0.5, 0.6) is 0 Å². The van der Waals surface area contributed by atoms with Crippen molar-refractivity contribution in [1.29, 1.82) is 0 Å². The fourth-order valence-electron chi connectivity index (χ4n) is 1.33. The summed E-state index contributed by atoms with van der Waals surface area (Å²) in [6.45, 7) is 2.09. The first-order valence-electron chi connectivity index (χ1n) is 4.18. The molecule has 0 saturated carbocycles. The van der Waals surface area contributed by atoms with Gasteiger partial charge in [0.2, 0.25) is 0 Å². The van der Waals surface area contributed by atoms with Crippen LogP contribution in [-0.2, 0) is 0 Å². The fourth-order valence-corrected chi connectivity index (χ4v) is 1.33. The van der Waals surface area contributed by atoms with Gasteiger partial charge in [-0.05, 0) is 30.2 Å². The van der Waals surface area contributed by atoms with Gasteiger partial charge in [-0.25, -0.2) is 4.98 Å². The van der Waals surface area contributed by atoms with Gasteiger partial charge in [0.15, 0.2) is 0 Å². The second-order valence-electron chi connectivity index (χ2n) is 2.93. The van der Waals surface area contributed by atoms with Crippen molar-refractivity contribution in [2.45, 2.75) is 6.92 Å². The first kappa shape index (κ1) is 7.82. The molecule has 0 bridgehead atoms. The molecular formula is C12H9N. The highest BCUT2D eigenvalue weighted by Gasteiger charge is 1.98. The second kappa shape index (κ2) is 3.28. The predicted octanol–water partition coefficient (Wildman–Crippen LogP) is 2.66. The number of nitrogens with zero attached hydrogens (tertiary/aromatic N) is 1. The van der Waals surface area contributed by atoms with Gasteiger partial charge >= 0.3 is 0 Å². The average Bonchev–Trinajstić information content (AvgIpc) is 2.20. The van der Waals surface area contributed by atoms with E-state index in [0.29, 0.717) is 0 Å². The van der Waals surface area contributed by atoms with Gasteiger partial charge in [0.05, 0.1) is 0 Å². The zero-order valence-corrected chi connectivity index (χ0v) is 7.41. The van der Waals surface area contributed by atoms with E-state index in [4.69, 9.17) is 0 Å². The van der Waals surface area contributed by atoms with E-state index in [-0.39, 0.29) is 0 Å². The van der Waals surface area contributed by atoms with E-state index < -0.39 is 0 Å². The van der Waals surface area contributed by atoms with Crippen molar-refractivity contribution >= 4 is 0 Å². The van der Waals surface area contributed by atoms with Gasteiger partial charge in [0, 0.05) is 18.0 Å². The van der Waals surface area contributed by atoms with Crippen molar-refractivity contribution < 1.29 is 0 Å². The van der Waals surface area contributed by atoms with Crippen molar-refractivity contribution in [2.24, 2.45) is 0 Å². The van der Waals surface area contributed by atoms with Crippen LogP contribution in [0, 0.1) is 19.2 Å². The van der Waals surface area contributed by atoms with Crippen molar-refractivity contribution in [2.75, 3.05) is 0 Å². The van der Waals surface area contributed by atoms with Crippen molar-refractivity contribution in [1.82, 2.24) is 4.98 Å².